The summed E-state index contributed by atoms with van der Waals surface area (Å²) < 4.78 is 0. The molecular formula is C26H57N4O4+. The number of rotatable bonds is 21. The Balaban J connectivity index is 4.55. The molecule has 0 fully saturated rings. The Bertz CT molecular complexity index is 511. The normalized spacial score (nSPS) is 17.5. The predicted octanol–water partition coefficient (Wildman–Crippen LogP) is 0.911. The van der Waals surface area contributed by atoms with E-state index in [0.717, 1.165) is 57.8 Å². The molecule has 0 aromatic carbocycles. The van der Waals surface area contributed by atoms with E-state index in [-0.39, 0.29) is 24.7 Å². The van der Waals surface area contributed by atoms with Gasteiger partial charge in [-0.05, 0) is 77.2 Å². The first-order chi connectivity index (χ1) is 16.1. The van der Waals surface area contributed by atoms with Crippen LogP contribution in [0.2, 0.25) is 0 Å². The first-order valence-corrected chi connectivity index (χ1v) is 13.6. The van der Waals surface area contributed by atoms with Crippen molar-refractivity contribution in [1.82, 2.24) is 15.1 Å². The molecule has 0 radical (unpaired) electrons. The number of hydrogen-bond donors (Lipinski definition) is 5. The number of quaternary nitrogens is 1. The van der Waals surface area contributed by atoms with Gasteiger partial charge < -0.3 is 20.2 Å². The molecule has 0 heterocycles. The summed E-state index contributed by atoms with van der Waals surface area (Å²) in [4.78, 5) is 16.7. The molecule has 0 rings (SSSR count). The second kappa shape index (κ2) is 19.6. The van der Waals surface area contributed by atoms with Crippen LogP contribution >= 0.6 is 0 Å². The van der Waals surface area contributed by atoms with Gasteiger partial charge in [0, 0.05) is 6.54 Å². The standard InChI is InChI=1S/C26H56N4O4/c1-8-13-21(3)14-19-30(17-11-10-16-28(6)26(34)22(4)9-2)18-12-15-27-25(33)24(20-31)29(7)23(5)32/h21-22,24-27,31,33-34H,8-20H2,1-7H3/p+1. The molecule has 6 atom stereocenters. The highest BCUT2D eigenvalue weighted by atomic mass is 16.3. The molecular weight excluding hydrogens is 432 g/mol. The largest absolute Gasteiger partial charge is 0.390 e. The van der Waals surface area contributed by atoms with Gasteiger partial charge in [-0.15, -0.1) is 0 Å². The van der Waals surface area contributed by atoms with E-state index in [9.17, 15) is 20.1 Å². The van der Waals surface area contributed by atoms with E-state index in [1.165, 1.54) is 26.2 Å². The maximum atomic E-state index is 11.6. The number of hydrogen-bond acceptors (Lipinski definition) is 7. The summed E-state index contributed by atoms with van der Waals surface area (Å²) in [6.45, 7) is 14.6. The fraction of sp³-hybridized carbons (Fsp3) is 0.962. The van der Waals surface area contributed by atoms with Crippen molar-refractivity contribution in [1.29, 1.82) is 0 Å². The molecule has 0 spiro atoms. The molecule has 204 valence electrons. The van der Waals surface area contributed by atoms with E-state index in [1.807, 2.05) is 7.05 Å². The molecule has 8 nitrogen and oxygen atoms in total. The van der Waals surface area contributed by atoms with E-state index in [0.29, 0.717) is 11.4 Å². The molecule has 0 aromatic heterocycles. The van der Waals surface area contributed by atoms with Gasteiger partial charge in [0.2, 0.25) is 0 Å². The van der Waals surface area contributed by atoms with Crippen LogP contribution in [0.1, 0.15) is 79.6 Å². The zero-order chi connectivity index (χ0) is 26.1. The van der Waals surface area contributed by atoms with Crippen molar-refractivity contribution in [3.8, 4) is 0 Å². The lowest BCUT2D eigenvalue weighted by Gasteiger charge is -2.29. The number of carbonyl (C=O) groups excluding carboxylic acids is 1. The van der Waals surface area contributed by atoms with Crippen LogP contribution in [0.15, 0.2) is 0 Å². The molecule has 8 heteroatoms. The van der Waals surface area contributed by atoms with E-state index in [2.05, 4.69) is 42.8 Å². The van der Waals surface area contributed by atoms with Crippen LogP contribution in [-0.2, 0) is 4.79 Å². The zero-order valence-electron chi connectivity index (χ0n) is 23.2. The first-order valence-electron chi connectivity index (χ1n) is 13.6. The second-order valence-electron chi connectivity index (χ2n) is 10.3. The molecule has 0 bridgehead atoms. The van der Waals surface area contributed by atoms with Crippen LogP contribution in [0.4, 0.5) is 0 Å². The number of amides is 1. The van der Waals surface area contributed by atoms with E-state index in [1.54, 1.807) is 7.05 Å². The molecule has 0 saturated heterocycles. The van der Waals surface area contributed by atoms with Gasteiger partial charge in [0.15, 0.2) is 12.3 Å². The Labute approximate surface area is 209 Å². The van der Waals surface area contributed by atoms with Crippen LogP contribution in [-0.4, -0.2) is 103 Å². The summed E-state index contributed by atoms with van der Waals surface area (Å²) in [6.07, 6.45) is 6.39. The average Bonchev–Trinajstić information content (AvgIpc) is 2.81. The summed E-state index contributed by atoms with van der Waals surface area (Å²) in [5, 5.41) is 33.4. The molecule has 1 amide bonds. The molecule has 0 aromatic rings. The fourth-order valence-corrected chi connectivity index (χ4v) is 4.28. The fourth-order valence-electron chi connectivity index (χ4n) is 4.28. The molecule has 5 N–H and O–H groups in total. The number of aliphatic hydroxyl groups is 3. The lowest BCUT2D eigenvalue weighted by molar-refractivity contribution is -0.832. The van der Waals surface area contributed by atoms with Crippen molar-refractivity contribution in [2.75, 3.05) is 53.4 Å². The minimum atomic E-state index is -0.917. The van der Waals surface area contributed by atoms with Gasteiger partial charge in [0.25, 0.3) is 0 Å². The van der Waals surface area contributed by atoms with E-state index >= 15 is 0 Å². The van der Waals surface area contributed by atoms with Crippen molar-refractivity contribution < 1.29 is 25.0 Å². The maximum absolute atomic E-state index is 11.6. The minimum Gasteiger partial charge on any atom is -0.390 e. The Kier molecular flexibility index (Phi) is 19.2. The molecule has 0 aliphatic heterocycles. The smallest absolute Gasteiger partial charge is 0.309 e. The highest BCUT2D eigenvalue weighted by Crippen LogP contribution is 2.13. The minimum absolute atomic E-state index is 0.102. The van der Waals surface area contributed by atoms with Gasteiger partial charge in [-0.25, -0.2) is 4.79 Å². The highest BCUT2D eigenvalue weighted by Gasteiger charge is 2.29. The van der Waals surface area contributed by atoms with E-state index in [4.69, 9.17) is 0 Å². The van der Waals surface area contributed by atoms with Gasteiger partial charge in [0.05, 0.1) is 20.6 Å². The van der Waals surface area contributed by atoms with Crippen LogP contribution < -0.4 is 10.2 Å². The van der Waals surface area contributed by atoms with Gasteiger partial charge in [-0.2, -0.15) is 0 Å². The van der Waals surface area contributed by atoms with Gasteiger partial charge in [-0.1, -0.05) is 40.5 Å². The Hall–Kier alpha value is -0.610. The lowest BCUT2D eigenvalue weighted by Crippen LogP contribution is -3.17. The first kappa shape index (κ1) is 33.4. The van der Waals surface area contributed by atoms with Crippen LogP contribution in [0, 0.1) is 11.8 Å². The molecule has 0 aliphatic carbocycles. The van der Waals surface area contributed by atoms with Crippen molar-refractivity contribution in [2.24, 2.45) is 11.8 Å². The van der Waals surface area contributed by atoms with E-state index < -0.39 is 12.3 Å². The highest BCUT2D eigenvalue weighted by molar-refractivity contribution is 5.63. The number of likely N-dealkylation sites (N-methyl/N-ethyl adjacent to an activating group) is 1. The number of unbranched alkanes of at least 4 members (excludes halogenated alkanes) is 1. The Morgan fingerprint density at radius 1 is 1.00 bits per heavy atom. The van der Waals surface area contributed by atoms with Gasteiger partial charge in [0.1, 0.15) is 6.23 Å². The molecule has 0 saturated carbocycles. The summed E-state index contributed by atoms with van der Waals surface area (Å²) in [7, 11) is 3.68. The summed E-state index contributed by atoms with van der Waals surface area (Å²) >= 11 is 0. The van der Waals surface area contributed by atoms with Crippen molar-refractivity contribution in [3.63, 3.8) is 0 Å². The molecule has 0 aliphatic rings. The summed E-state index contributed by atoms with van der Waals surface area (Å²) in [5.74, 6) is 0.904. The van der Waals surface area contributed by atoms with Crippen LogP contribution in [0.25, 0.3) is 0 Å². The third-order valence-corrected chi connectivity index (χ3v) is 7.25. The maximum Gasteiger partial charge on any atom is 0.309 e. The third-order valence-electron chi connectivity index (χ3n) is 7.25. The lowest BCUT2D eigenvalue weighted by atomic mass is 10.0. The quantitative estimate of drug-likeness (QED) is 0.121. The zero-order valence-corrected chi connectivity index (χ0v) is 23.2. The van der Waals surface area contributed by atoms with Crippen molar-refractivity contribution in [2.45, 2.75) is 98.1 Å². The van der Waals surface area contributed by atoms with Crippen LogP contribution in [0.3, 0.4) is 0 Å². The Morgan fingerprint density at radius 2 is 1.62 bits per heavy atom. The Morgan fingerprint density at radius 3 is 2.18 bits per heavy atom. The number of nitrogens with zero attached hydrogens (tertiary/aromatic N) is 2. The van der Waals surface area contributed by atoms with Crippen molar-refractivity contribution >= 4 is 5.91 Å². The van der Waals surface area contributed by atoms with Crippen molar-refractivity contribution in [3.05, 3.63) is 0 Å². The topological polar surface area (TPSA) is 101 Å². The third kappa shape index (κ3) is 14.1. The average molecular weight is 490 g/mol. The molecule has 34 heavy (non-hydrogen) atoms. The molecule has 6 unspecified atom stereocenters. The number of nitrogens with one attached hydrogen (secondary N) is 2. The number of carbonyl (C=O) groups is 1. The second-order valence-corrected chi connectivity index (χ2v) is 10.3. The summed E-state index contributed by atoms with van der Waals surface area (Å²) in [5.41, 5.74) is 0. The van der Waals surface area contributed by atoms with Gasteiger partial charge in [-0.3, -0.25) is 15.1 Å². The number of aliphatic hydroxyl groups excluding tert-OH is 3. The predicted molar refractivity (Wildman–Crippen MR) is 140 cm³/mol. The van der Waals surface area contributed by atoms with Crippen LogP contribution in [0.5, 0.6) is 0 Å². The van der Waals surface area contributed by atoms with Gasteiger partial charge >= 0.3 is 5.91 Å². The SMILES string of the molecule is CCCC(C)CCN(CCCCN(C)C(O)C(C)CC)CCCNC(O)C(CO)[NH+](C)C(C)=O. The summed E-state index contributed by atoms with van der Waals surface area (Å²) in [6, 6.07) is -0.564. The monoisotopic (exact) mass is 489 g/mol.